The maximum atomic E-state index is 12.9. The van der Waals surface area contributed by atoms with Gasteiger partial charge in [-0.25, -0.2) is 4.98 Å². The molecule has 1 fully saturated rings. The number of benzene rings is 1. The van der Waals surface area contributed by atoms with Gasteiger partial charge in [0.2, 0.25) is 0 Å². The molecule has 1 aromatic carbocycles. The highest BCUT2D eigenvalue weighted by molar-refractivity contribution is 7.17. The van der Waals surface area contributed by atoms with Crippen molar-refractivity contribution in [2.24, 2.45) is 0 Å². The highest BCUT2D eigenvalue weighted by atomic mass is 32.1. The number of carboxylic acid groups (broad SMARTS) is 1. The van der Waals surface area contributed by atoms with Gasteiger partial charge in [-0.1, -0.05) is 0 Å². The molecule has 0 radical (unpaired) electrons. The SMILES string of the molecule is CCOc1ccc(-c2nc(C)c(C(=O)N3CCO[C@@H](CC(=O)O)C3)s2)cc1. The van der Waals surface area contributed by atoms with Gasteiger partial charge in [0.05, 0.1) is 31.4 Å². The molecule has 3 rings (SSSR count). The molecule has 1 aromatic heterocycles. The third kappa shape index (κ3) is 4.64. The predicted octanol–water partition coefficient (Wildman–Crippen LogP) is 2.83. The van der Waals surface area contributed by atoms with E-state index in [-0.39, 0.29) is 18.9 Å². The molecule has 7 nitrogen and oxygen atoms in total. The molecule has 1 atom stereocenters. The Kier molecular flexibility index (Phi) is 6.08. The van der Waals surface area contributed by atoms with Gasteiger partial charge in [0.1, 0.15) is 15.6 Å². The van der Waals surface area contributed by atoms with Crippen molar-refractivity contribution in [2.75, 3.05) is 26.3 Å². The van der Waals surface area contributed by atoms with Crippen molar-refractivity contribution in [1.29, 1.82) is 0 Å². The van der Waals surface area contributed by atoms with Crippen molar-refractivity contribution in [3.05, 3.63) is 34.8 Å². The van der Waals surface area contributed by atoms with E-state index < -0.39 is 12.1 Å². The van der Waals surface area contributed by atoms with Crippen molar-refractivity contribution in [3.8, 4) is 16.3 Å². The Bertz CT molecular complexity index is 818. The fourth-order valence-corrected chi connectivity index (χ4v) is 3.98. The van der Waals surface area contributed by atoms with Crippen molar-refractivity contribution >= 4 is 23.2 Å². The van der Waals surface area contributed by atoms with E-state index in [0.29, 0.717) is 30.3 Å². The fourth-order valence-electron chi connectivity index (χ4n) is 2.94. The molecule has 27 heavy (non-hydrogen) atoms. The molecule has 2 heterocycles. The molecule has 0 unspecified atom stereocenters. The first-order valence-corrected chi connectivity index (χ1v) is 9.63. The smallest absolute Gasteiger partial charge is 0.306 e. The van der Waals surface area contributed by atoms with E-state index >= 15 is 0 Å². The Morgan fingerprint density at radius 1 is 1.37 bits per heavy atom. The monoisotopic (exact) mass is 390 g/mol. The third-order valence-electron chi connectivity index (χ3n) is 4.23. The van der Waals surface area contributed by atoms with Gasteiger partial charge < -0.3 is 19.5 Å². The molecule has 144 valence electrons. The molecule has 8 heteroatoms. The van der Waals surface area contributed by atoms with E-state index in [0.717, 1.165) is 16.3 Å². The molecule has 0 aliphatic carbocycles. The largest absolute Gasteiger partial charge is 0.494 e. The molecule has 1 aliphatic rings. The van der Waals surface area contributed by atoms with Gasteiger partial charge in [-0.15, -0.1) is 11.3 Å². The van der Waals surface area contributed by atoms with Gasteiger partial charge >= 0.3 is 5.97 Å². The van der Waals surface area contributed by atoms with Crippen LogP contribution in [0.3, 0.4) is 0 Å². The molecule has 1 aliphatic heterocycles. The molecule has 0 bridgehead atoms. The van der Waals surface area contributed by atoms with Gasteiger partial charge in [0, 0.05) is 18.7 Å². The third-order valence-corrected chi connectivity index (χ3v) is 5.43. The van der Waals surface area contributed by atoms with Crippen LogP contribution in [0, 0.1) is 6.92 Å². The minimum atomic E-state index is -0.930. The first kappa shape index (κ1) is 19.3. The van der Waals surface area contributed by atoms with E-state index in [9.17, 15) is 9.59 Å². The lowest BCUT2D eigenvalue weighted by atomic mass is 10.2. The standard InChI is InChI=1S/C19H22N2O5S/c1-3-25-14-6-4-13(5-7-14)18-20-12(2)17(27-18)19(24)21-8-9-26-15(11-21)10-16(22)23/h4-7,15H,3,8-11H2,1-2H3,(H,22,23)/t15-/m0/s1. The molecule has 0 saturated carbocycles. The Morgan fingerprint density at radius 2 is 2.11 bits per heavy atom. The summed E-state index contributed by atoms with van der Waals surface area (Å²) >= 11 is 1.35. The summed E-state index contributed by atoms with van der Waals surface area (Å²) in [5, 5.41) is 9.71. The summed E-state index contributed by atoms with van der Waals surface area (Å²) in [6, 6.07) is 7.62. The first-order valence-electron chi connectivity index (χ1n) is 8.81. The zero-order valence-electron chi connectivity index (χ0n) is 15.3. The summed E-state index contributed by atoms with van der Waals surface area (Å²) in [4.78, 5) is 30.6. The quantitative estimate of drug-likeness (QED) is 0.816. The average molecular weight is 390 g/mol. The normalized spacial score (nSPS) is 17.0. The lowest BCUT2D eigenvalue weighted by Gasteiger charge is -2.32. The van der Waals surface area contributed by atoms with Gasteiger partial charge in [-0.2, -0.15) is 0 Å². The number of carbonyl (C=O) groups excluding carboxylic acids is 1. The average Bonchev–Trinajstić information content (AvgIpc) is 3.03. The second-order valence-corrected chi connectivity index (χ2v) is 7.23. The zero-order chi connectivity index (χ0) is 19.4. The lowest BCUT2D eigenvalue weighted by molar-refractivity contribution is -0.141. The van der Waals surface area contributed by atoms with Gasteiger partial charge in [-0.3, -0.25) is 9.59 Å². The number of carbonyl (C=O) groups is 2. The van der Waals surface area contributed by atoms with Crippen LogP contribution < -0.4 is 4.74 Å². The minimum absolute atomic E-state index is 0.108. The summed E-state index contributed by atoms with van der Waals surface area (Å²) in [6.07, 6.45) is -0.581. The summed E-state index contributed by atoms with van der Waals surface area (Å²) < 4.78 is 10.9. The summed E-state index contributed by atoms with van der Waals surface area (Å²) in [6.45, 7) is 5.43. The highest BCUT2D eigenvalue weighted by Gasteiger charge is 2.29. The maximum absolute atomic E-state index is 12.9. The molecular formula is C19H22N2O5S. The predicted molar refractivity (Wildman–Crippen MR) is 101 cm³/mol. The molecule has 1 amide bonds. The van der Waals surface area contributed by atoms with Crippen LogP contribution in [0.1, 0.15) is 28.7 Å². The Labute approximate surface area is 161 Å². The number of ether oxygens (including phenoxy) is 2. The lowest BCUT2D eigenvalue weighted by Crippen LogP contribution is -2.46. The van der Waals surface area contributed by atoms with Crippen molar-refractivity contribution in [3.63, 3.8) is 0 Å². The Hall–Kier alpha value is -2.45. The van der Waals surface area contributed by atoms with Crippen molar-refractivity contribution < 1.29 is 24.2 Å². The van der Waals surface area contributed by atoms with Crippen LogP contribution in [-0.4, -0.2) is 59.3 Å². The van der Waals surface area contributed by atoms with E-state index in [4.69, 9.17) is 14.6 Å². The van der Waals surface area contributed by atoms with Crippen molar-refractivity contribution in [1.82, 2.24) is 9.88 Å². The summed E-state index contributed by atoms with van der Waals surface area (Å²) in [5.74, 6) is -0.259. The van der Waals surface area contributed by atoms with Crippen LogP contribution >= 0.6 is 11.3 Å². The number of thiazole rings is 1. The number of aromatic nitrogens is 1. The van der Waals surface area contributed by atoms with Gasteiger partial charge in [0.15, 0.2) is 0 Å². The number of aliphatic carboxylic acids is 1. The van der Waals surface area contributed by atoms with Crippen LogP contribution in [-0.2, 0) is 9.53 Å². The van der Waals surface area contributed by atoms with E-state index in [1.165, 1.54) is 11.3 Å². The second kappa shape index (κ2) is 8.49. The summed E-state index contributed by atoms with van der Waals surface area (Å²) in [5.41, 5.74) is 1.60. The Morgan fingerprint density at radius 3 is 2.78 bits per heavy atom. The number of hydrogen-bond acceptors (Lipinski definition) is 6. The van der Waals surface area contributed by atoms with Crippen LogP contribution in [0.25, 0.3) is 10.6 Å². The van der Waals surface area contributed by atoms with E-state index in [1.807, 2.05) is 38.1 Å². The van der Waals surface area contributed by atoms with E-state index in [2.05, 4.69) is 4.98 Å². The maximum Gasteiger partial charge on any atom is 0.306 e. The van der Waals surface area contributed by atoms with E-state index in [1.54, 1.807) is 4.90 Å². The molecular weight excluding hydrogens is 368 g/mol. The number of morpholine rings is 1. The summed E-state index contributed by atoms with van der Waals surface area (Å²) in [7, 11) is 0. The topological polar surface area (TPSA) is 89.0 Å². The van der Waals surface area contributed by atoms with Crippen LogP contribution in [0.2, 0.25) is 0 Å². The number of aryl methyl sites for hydroxylation is 1. The van der Waals surface area contributed by atoms with Crippen LogP contribution in [0.15, 0.2) is 24.3 Å². The second-order valence-electron chi connectivity index (χ2n) is 6.23. The highest BCUT2D eigenvalue weighted by Crippen LogP contribution is 2.30. The first-order chi connectivity index (χ1) is 13.0. The van der Waals surface area contributed by atoms with Gasteiger partial charge in [-0.05, 0) is 38.1 Å². The minimum Gasteiger partial charge on any atom is -0.494 e. The Balaban J connectivity index is 1.75. The molecule has 1 N–H and O–H groups in total. The van der Waals surface area contributed by atoms with Crippen LogP contribution in [0.5, 0.6) is 5.75 Å². The number of amides is 1. The fraction of sp³-hybridized carbons (Fsp3) is 0.421. The van der Waals surface area contributed by atoms with Crippen LogP contribution in [0.4, 0.5) is 0 Å². The number of carboxylic acids is 1. The molecule has 2 aromatic rings. The molecule has 0 spiro atoms. The van der Waals surface area contributed by atoms with Gasteiger partial charge in [0.25, 0.3) is 5.91 Å². The molecule has 1 saturated heterocycles. The van der Waals surface area contributed by atoms with Crippen molar-refractivity contribution in [2.45, 2.75) is 26.4 Å². The number of hydrogen-bond donors (Lipinski definition) is 1. The zero-order valence-corrected chi connectivity index (χ0v) is 16.1. The number of nitrogens with zero attached hydrogens (tertiary/aromatic N) is 2. The number of rotatable bonds is 6.